The summed E-state index contributed by atoms with van der Waals surface area (Å²) in [6.07, 6.45) is 1.70. The molecule has 5 rings (SSSR count). The third-order valence-electron chi connectivity index (χ3n) is 4.80. The maximum atomic E-state index is 4.76. The van der Waals surface area contributed by atoms with E-state index in [0.717, 1.165) is 22.4 Å². The van der Waals surface area contributed by atoms with E-state index in [1.165, 1.54) is 11.1 Å². The van der Waals surface area contributed by atoms with Gasteiger partial charge in [-0.15, -0.1) is 10.2 Å². The molecule has 5 heteroatoms. The van der Waals surface area contributed by atoms with Crippen molar-refractivity contribution >= 4 is 28.2 Å². The summed E-state index contributed by atoms with van der Waals surface area (Å²) >= 11 is 0. The highest BCUT2D eigenvalue weighted by molar-refractivity contribution is 5.93. The monoisotopic (exact) mass is 351 g/mol. The van der Waals surface area contributed by atoms with Gasteiger partial charge in [-0.3, -0.25) is 4.40 Å². The number of aromatic nitrogens is 4. The van der Waals surface area contributed by atoms with E-state index in [0.29, 0.717) is 5.78 Å². The average molecular weight is 351 g/mol. The number of para-hydroxylation sites is 1. The predicted octanol–water partition coefficient (Wildman–Crippen LogP) is 4.71. The van der Waals surface area contributed by atoms with Crippen molar-refractivity contribution in [2.45, 2.75) is 0 Å². The van der Waals surface area contributed by atoms with Crippen LogP contribution < -0.4 is 4.90 Å². The van der Waals surface area contributed by atoms with Crippen molar-refractivity contribution in [2.24, 2.45) is 0 Å². The van der Waals surface area contributed by atoms with Crippen LogP contribution in [0.3, 0.4) is 0 Å². The van der Waals surface area contributed by atoms with E-state index in [-0.39, 0.29) is 0 Å². The molecule has 0 fully saturated rings. The first-order valence-electron chi connectivity index (χ1n) is 8.79. The topological polar surface area (TPSA) is 46.3 Å². The fourth-order valence-electron chi connectivity index (χ4n) is 3.41. The van der Waals surface area contributed by atoms with Gasteiger partial charge in [0.2, 0.25) is 0 Å². The molecule has 0 N–H and O–H groups in total. The van der Waals surface area contributed by atoms with Gasteiger partial charge in [0.25, 0.3) is 5.78 Å². The second-order valence-corrected chi connectivity index (χ2v) is 6.43. The number of rotatable bonds is 3. The van der Waals surface area contributed by atoms with Gasteiger partial charge in [0.05, 0.1) is 5.52 Å². The maximum absolute atomic E-state index is 4.76. The highest BCUT2D eigenvalue weighted by Gasteiger charge is 2.14. The lowest BCUT2D eigenvalue weighted by Gasteiger charge is -2.21. The van der Waals surface area contributed by atoms with E-state index in [1.54, 1.807) is 6.33 Å². The molecule has 0 aliphatic heterocycles. The van der Waals surface area contributed by atoms with Crippen LogP contribution >= 0.6 is 0 Å². The number of fused-ring (bicyclic) bond motifs is 3. The van der Waals surface area contributed by atoms with Crippen molar-refractivity contribution < 1.29 is 0 Å². The quantitative estimate of drug-likeness (QED) is 0.472. The SMILES string of the molecule is CN(c1cccc(-c2ccccc2)c1)c1nc2nncn2c2ccccc12. The van der Waals surface area contributed by atoms with Crippen LogP contribution in [0.15, 0.2) is 85.2 Å². The van der Waals surface area contributed by atoms with Crippen molar-refractivity contribution in [1.82, 2.24) is 19.6 Å². The van der Waals surface area contributed by atoms with Crippen LogP contribution in [-0.4, -0.2) is 26.6 Å². The fraction of sp³-hybridized carbons (Fsp3) is 0.0455. The normalized spacial score (nSPS) is 11.1. The summed E-state index contributed by atoms with van der Waals surface area (Å²) in [4.78, 5) is 6.86. The first kappa shape index (κ1) is 15.5. The number of benzene rings is 3. The first-order chi connectivity index (χ1) is 13.3. The molecule has 0 saturated heterocycles. The molecular weight excluding hydrogens is 334 g/mol. The van der Waals surface area contributed by atoms with Crippen LogP contribution in [0.1, 0.15) is 0 Å². The van der Waals surface area contributed by atoms with Crippen molar-refractivity contribution in [1.29, 1.82) is 0 Å². The molecule has 0 radical (unpaired) electrons. The Balaban J connectivity index is 1.67. The molecule has 0 spiro atoms. The Morgan fingerprint density at radius 3 is 2.48 bits per heavy atom. The van der Waals surface area contributed by atoms with Crippen LogP contribution in [0.25, 0.3) is 27.8 Å². The molecule has 2 aromatic heterocycles. The standard InChI is InChI=1S/C22H17N5/c1-26(18-11-7-10-17(14-18)16-8-3-2-4-9-16)21-19-12-5-6-13-20(19)27-15-23-25-22(27)24-21/h2-15H,1H3. The van der Waals surface area contributed by atoms with Gasteiger partial charge in [-0.25, -0.2) is 0 Å². The van der Waals surface area contributed by atoms with Crippen molar-refractivity contribution in [2.75, 3.05) is 11.9 Å². The molecule has 3 aromatic carbocycles. The maximum Gasteiger partial charge on any atom is 0.257 e. The van der Waals surface area contributed by atoms with Crippen LogP contribution in [0.2, 0.25) is 0 Å². The zero-order chi connectivity index (χ0) is 18.2. The van der Waals surface area contributed by atoms with Crippen molar-refractivity contribution in [3.63, 3.8) is 0 Å². The molecule has 0 aliphatic rings. The third-order valence-corrected chi connectivity index (χ3v) is 4.80. The Bertz CT molecular complexity index is 1240. The van der Waals surface area contributed by atoms with E-state index in [1.807, 2.05) is 29.6 Å². The first-order valence-corrected chi connectivity index (χ1v) is 8.79. The van der Waals surface area contributed by atoms with Gasteiger partial charge < -0.3 is 4.90 Å². The summed E-state index contributed by atoms with van der Waals surface area (Å²) in [5, 5.41) is 9.21. The second kappa shape index (κ2) is 6.21. The van der Waals surface area contributed by atoms with E-state index < -0.39 is 0 Å². The third kappa shape index (κ3) is 2.60. The lowest BCUT2D eigenvalue weighted by molar-refractivity contribution is 1.08. The molecule has 0 aliphatic carbocycles. The number of hydrogen-bond donors (Lipinski definition) is 0. The molecule has 130 valence electrons. The smallest absolute Gasteiger partial charge is 0.257 e. The second-order valence-electron chi connectivity index (χ2n) is 6.43. The highest BCUT2D eigenvalue weighted by Crippen LogP contribution is 2.32. The molecule has 0 atom stereocenters. The lowest BCUT2D eigenvalue weighted by Crippen LogP contribution is -2.13. The zero-order valence-corrected chi connectivity index (χ0v) is 14.8. The minimum atomic E-state index is 0.592. The van der Waals surface area contributed by atoms with Crippen LogP contribution in [0.5, 0.6) is 0 Å². The minimum Gasteiger partial charge on any atom is -0.329 e. The Hall–Kier alpha value is -3.73. The van der Waals surface area contributed by atoms with Crippen LogP contribution in [0.4, 0.5) is 11.5 Å². The average Bonchev–Trinajstić information content (AvgIpc) is 3.22. The summed E-state index contributed by atoms with van der Waals surface area (Å²) < 4.78 is 1.91. The molecule has 0 amide bonds. The van der Waals surface area contributed by atoms with E-state index >= 15 is 0 Å². The summed E-state index contributed by atoms with van der Waals surface area (Å²) in [6, 6.07) is 27.0. The molecule has 27 heavy (non-hydrogen) atoms. The van der Waals surface area contributed by atoms with Gasteiger partial charge in [-0.1, -0.05) is 54.6 Å². The molecule has 0 saturated carbocycles. The molecule has 5 aromatic rings. The molecule has 2 heterocycles. The molecule has 5 nitrogen and oxygen atoms in total. The van der Waals surface area contributed by atoms with Gasteiger partial charge in [0.15, 0.2) is 0 Å². The zero-order valence-electron chi connectivity index (χ0n) is 14.8. The largest absolute Gasteiger partial charge is 0.329 e. The van der Waals surface area contributed by atoms with Crippen LogP contribution in [0, 0.1) is 0 Å². The van der Waals surface area contributed by atoms with E-state index in [2.05, 4.69) is 75.8 Å². The lowest BCUT2D eigenvalue weighted by atomic mass is 10.0. The summed E-state index contributed by atoms with van der Waals surface area (Å²) in [5.41, 5.74) is 4.47. The molecule has 0 unspecified atom stereocenters. The number of nitrogens with zero attached hydrogens (tertiary/aromatic N) is 5. The van der Waals surface area contributed by atoms with E-state index in [9.17, 15) is 0 Å². The summed E-state index contributed by atoms with van der Waals surface area (Å²) in [7, 11) is 2.03. The summed E-state index contributed by atoms with van der Waals surface area (Å²) in [5.74, 6) is 1.45. The van der Waals surface area contributed by atoms with Gasteiger partial charge in [-0.2, -0.15) is 4.98 Å². The highest BCUT2D eigenvalue weighted by atomic mass is 15.3. The Morgan fingerprint density at radius 1 is 0.815 bits per heavy atom. The Kier molecular flexibility index (Phi) is 3.57. The minimum absolute atomic E-state index is 0.592. The Morgan fingerprint density at radius 2 is 1.59 bits per heavy atom. The fourth-order valence-corrected chi connectivity index (χ4v) is 3.41. The summed E-state index contributed by atoms with van der Waals surface area (Å²) in [6.45, 7) is 0. The van der Waals surface area contributed by atoms with Crippen LogP contribution in [-0.2, 0) is 0 Å². The molecular formula is C22H17N5. The van der Waals surface area contributed by atoms with Gasteiger partial charge >= 0.3 is 0 Å². The van der Waals surface area contributed by atoms with Crippen molar-refractivity contribution in [3.05, 3.63) is 85.2 Å². The predicted molar refractivity (Wildman–Crippen MR) is 108 cm³/mol. The Labute approximate surface area is 156 Å². The molecule has 0 bridgehead atoms. The van der Waals surface area contributed by atoms with Crippen molar-refractivity contribution in [3.8, 4) is 11.1 Å². The van der Waals surface area contributed by atoms with Gasteiger partial charge in [0.1, 0.15) is 12.1 Å². The number of anilines is 2. The number of hydrogen-bond acceptors (Lipinski definition) is 4. The van der Waals surface area contributed by atoms with Gasteiger partial charge in [-0.05, 0) is 35.4 Å². The van der Waals surface area contributed by atoms with Gasteiger partial charge in [0, 0.05) is 18.1 Å². The van der Waals surface area contributed by atoms with E-state index in [4.69, 9.17) is 4.98 Å².